The van der Waals surface area contributed by atoms with Gasteiger partial charge in [0.25, 0.3) is 0 Å². The van der Waals surface area contributed by atoms with E-state index in [1.54, 1.807) is 12.1 Å². The van der Waals surface area contributed by atoms with Crippen molar-refractivity contribution in [3.8, 4) is 28.0 Å². The number of rotatable bonds is 2. The van der Waals surface area contributed by atoms with Crippen LogP contribution >= 0.6 is 0 Å². The molecule has 0 aliphatic carbocycles. The number of hydrogen-bond acceptors (Lipinski definition) is 2. The van der Waals surface area contributed by atoms with Gasteiger partial charge in [0.05, 0.1) is 0 Å². The van der Waals surface area contributed by atoms with E-state index >= 15 is 0 Å². The number of phenolic OH excluding ortho intramolecular Hbond substituents is 1. The maximum absolute atomic E-state index is 10.0. The van der Waals surface area contributed by atoms with Crippen molar-refractivity contribution in [1.29, 1.82) is 0 Å². The van der Waals surface area contributed by atoms with Crippen LogP contribution in [0.3, 0.4) is 0 Å². The van der Waals surface area contributed by atoms with Crippen LogP contribution in [-0.2, 0) is 0 Å². The topological polar surface area (TPSA) is 46.2 Å². The molecule has 0 saturated carbocycles. The molecule has 0 bridgehead atoms. The third-order valence-corrected chi connectivity index (χ3v) is 3.30. The van der Waals surface area contributed by atoms with Crippen molar-refractivity contribution in [3.63, 3.8) is 0 Å². The molecule has 3 aromatic rings. The van der Waals surface area contributed by atoms with Crippen LogP contribution in [0.4, 0.5) is 5.69 Å². The van der Waals surface area contributed by atoms with E-state index in [9.17, 15) is 5.11 Å². The van der Waals surface area contributed by atoms with Crippen LogP contribution in [-0.4, -0.2) is 5.11 Å². The lowest BCUT2D eigenvalue weighted by Gasteiger charge is -2.08. The van der Waals surface area contributed by atoms with Gasteiger partial charge in [0.15, 0.2) is 0 Å². The van der Waals surface area contributed by atoms with Gasteiger partial charge in [-0.15, -0.1) is 0 Å². The summed E-state index contributed by atoms with van der Waals surface area (Å²) >= 11 is 0. The van der Waals surface area contributed by atoms with Gasteiger partial charge in [-0.3, -0.25) is 0 Å². The second kappa shape index (κ2) is 5.10. The molecule has 0 saturated heterocycles. The van der Waals surface area contributed by atoms with E-state index < -0.39 is 0 Å². The number of phenols is 1. The number of anilines is 1. The number of nitrogen functional groups attached to an aromatic ring is 1. The zero-order chi connectivity index (χ0) is 13.9. The van der Waals surface area contributed by atoms with E-state index in [1.165, 1.54) is 0 Å². The average Bonchev–Trinajstić information content (AvgIpc) is 2.48. The number of hydrogen-bond donors (Lipinski definition) is 2. The van der Waals surface area contributed by atoms with Crippen LogP contribution in [0.2, 0.25) is 0 Å². The molecule has 3 N–H and O–H groups in total. The maximum atomic E-state index is 10.0. The van der Waals surface area contributed by atoms with E-state index in [1.807, 2.05) is 36.4 Å². The average molecular weight is 261 g/mol. The highest BCUT2D eigenvalue weighted by molar-refractivity contribution is 5.77. The van der Waals surface area contributed by atoms with Crippen molar-refractivity contribution in [2.24, 2.45) is 0 Å². The van der Waals surface area contributed by atoms with E-state index in [0.29, 0.717) is 5.69 Å². The first kappa shape index (κ1) is 12.3. The molecular weight excluding hydrogens is 246 g/mol. The Bertz CT molecular complexity index is 735. The molecule has 0 fully saturated rings. The molecule has 20 heavy (non-hydrogen) atoms. The summed E-state index contributed by atoms with van der Waals surface area (Å²) in [5, 5.41) is 10.0. The monoisotopic (exact) mass is 261 g/mol. The summed E-state index contributed by atoms with van der Waals surface area (Å²) in [6, 6.07) is 23.5. The van der Waals surface area contributed by atoms with Gasteiger partial charge in [-0.05, 0) is 34.9 Å². The Kier molecular flexibility index (Phi) is 3.13. The standard InChI is InChI=1S/C18H15NO/c19-16-9-10-17(18(20)12-16)15-8-4-7-14(11-15)13-5-2-1-3-6-13/h1-12,20H,19H2. The van der Waals surface area contributed by atoms with E-state index in [4.69, 9.17) is 5.73 Å². The second-order valence-corrected chi connectivity index (χ2v) is 4.72. The van der Waals surface area contributed by atoms with Gasteiger partial charge in [0, 0.05) is 17.3 Å². The van der Waals surface area contributed by atoms with Crippen LogP contribution in [0.15, 0.2) is 72.8 Å². The molecule has 2 heteroatoms. The molecule has 3 aromatic carbocycles. The summed E-state index contributed by atoms with van der Waals surface area (Å²) in [5.74, 6) is 0.204. The van der Waals surface area contributed by atoms with Crippen molar-refractivity contribution in [1.82, 2.24) is 0 Å². The molecule has 0 radical (unpaired) electrons. The van der Waals surface area contributed by atoms with Crippen molar-refractivity contribution < 1.29 is 5.11 Å². The van der Waals surface area contributed by atoms with Crippen molar-refractivity contribution in [2.45, 2.75) is 0 Å². The molecule has 0 amide bonds. The van der Waals surface area contributed by atoms with Crippen LogP contribution in [0.1, 0.15) is 0 Å². The summed E-state index contributed by atoms with van der Waals surface area (Å²) in [4.78, 5) is 0. The molecule has 0 aliphatic rings. The van der Waals surface area contributed by atoms with Crippen LogP contribution < -0.4 is 5.73 Å². The molecule has 3 rings (SSSR count). The van der Waals surface area contributed by atoms with E-state index in [-0.39, 0.29) is 5.75 Å². The fourth-order valence-corrected chi connectivity index (χ4v) is 2.29. The highest BCUT2D eigenvalue weighted by Gasteiger charge is 2.06. The number of benzene rings is 3. The van der Waals surface area contributed by atoms with E-state index in [2.05, 4.69) is 24.3 Å². The highest BCUT2D eigenvalue weighted by atomic mass is 16.3. The Labute approximate surface area is 118 Å². The Morgan fingerprint density at radius 3 is 2.10 bits per heavy atom. The van der Waals surface area contributed by atoms with Gasteiger partial charge >= 0.3 is 0 Å². The first-order valence-electron chi connectivity index (χ1n) is 6.48. The smallest absolute Gasteiger partial charge is 0.125 e. The maximum Gasteiger partial charge on any atom is 0.125 e. The summed E-state index contributed by atoms with van der Waals surface area (Å²) in [5.41, 5.74) is 10.3. The molecule has 2 nitrogen and oxygen atoms in total. The van der Waals surface area contributed by atoms with Gasteiger partial charge in [-0.25, -0.2) is 0 Å². The lowest BCUT2D eigenvalue weighted by atomic mass is 9.98. The third kappa shape index (κ3) is 2.36. The minimum atomic E-state index is 0.204. The Morgan fingerprint density at radius 2 is 1.35 bits per heavy atom. The predicted molar refractivity (Wildman–Crippen MR) is 83.4 cm³/mol. The quantitative estimate of drug-likeness (QED) is 0.675. The summed E-state index contributed by atoms with van der Waals surface area (Å²) < 4.78 is 0. The molecule has 0 spiro atoms. The lowest BCUT2D eigenvalue weighted by Crippen LogP contribution is -1.86. The minimum absolute atomic E-state index is 0.204. The van der Waals surface area contributed by atoms with Crippen molar-refractivity contribution >= 4 is 5.69 Å². The van der Waals surface area contributed by atoms with Crippen LogP contribution in [0, 0.1) is 0 Å². The largest absolute Gasteiger partial charge is 0.507 e. The summed E-state index contributed by atoms with van der Waals surface area (Å²) in [7, 11) is 0. The Morgan fingerprint density at radius 1 is 0.650 bits per heavy atom. The Hall–Kier alpha value is -2.74. The van der Waals surface area contributed by atoms with E-state index in [0.717, 1.165) is 22.3 Å². The number of nitrogens with two attached hydrogens (primary N) is 1. The molecular formula is C18H15NO. The molecule has 0 atom stereocenters. The third-order valence-electron chi connectivity index (χ3n) is 3.30. The summed E-state index contributed by atoms with van der Waals surface area (Å²) in [6.07, 6.45) is 0. The number of aromatic hydroxyl groups is 1. The van der Waals surface area contributed by atoms with Crippen molar-refractivity contribution in [2.75, 3.05) is 5.73 Å². The fourth-order valence-electron chi connectivity index (χ4n) is 2.29. The first-order chi connectivity index (χ1) is 9.74. The van der Waals surface area contributed by atoms with Crippen molar-refractivity contribution in [3.05, 3.63) is 72.8 Å². The van der Waals surface area contributed by atoms with Gasteiger partial charge in [0.2, 0.25) is 0 Å². The molecule has 0 aromatic heterocycles. The molecule has 0 aliphatic heterocycles. The lowest BCUT2D eigenvalue weighted by molar-refractivity contribution is 0.477. The molecule has 98 valence electrons. The SMILES string of the molecule is Nc1ccc(-c2cccc(-c3ccccc3)c2)c(O)c1. The fraction of sp³-hybridized carbons (Fsp3) is 0. The van der Waals surface area contributed by atoms with Crippen LogP contribution in [0.5, 0.6) is 5.75 Å². The summed E-state index contributed by atoms with van der Waals surface area (Å²) in [6.45, 7) is 0. The zero-order valence-electron chi connectivity index (χ0n) is 11.0. The predicted octanol–water partition coefficient (Wildman–Crippen LogP) is 4.31. The zero-order valence-corrected chi connectivity index (χ0v) is 11.0. The molecule has 0 heterocycles. The Balaban J connectivity index is 2.08. The molecule has 0 unspecified atom stereocenters. The first-order valence-corrected chi connectivity index (χ1v) is 6.48. The van der Waals surface area contributed by atoms with Crippen LogP contribution in [0.25, 0.3) is 22.3 Å². The van der Waals surface area contributed by atoms with Gasteiger partial charge in [-0.2, -0.15) is 0 Å². The normalized spacial score (nSPS) is 10.4. The van der Waals surface area contributed by atoms with Gasteiger partial charge in [-0.1, -0.05) is 48.5 Å². The van der Waals surface area contributed by atoms with Gasteiger partial charge in [0.1, 0.15) is 5.75 Å². The highest BCUT2D eigenvalue weighted by Crippen LogP contribution is 2.33. The van der Waals surface area contributed by atoms with Gasteiger partial charge < -0.3 is 10.8 Å². The minimum Gasteiger partial charge on any atom is -0.507 e. The second-order valence-electron chi connectivity index (χ2n) is 4.72.